The second-order valence-corrected chi connectivity index (χ2v) is 8.45. The van der Waals surface area contributed by atoms with E-state index in [-0.39, 0.29) is 17.4 Å². The van der Waals surface area contributed by atoms with Crippen molar-refractivity contribution < 1.29 is 18.9 Å². The number of hydrogen-bond acceptors (Lipinski definition) is 5. The first-order valence-corrected chi connectivity index (χ1v) is 10.5. The lowest BCUT2D eigenvalue weighted by Gasteiger charge is -2.35. The van der Waals surface area contributed by atoms with Gasteiger partial charge < -0.3 is 5.32 Å². The Labute approximate surface area is 189 Å². The van der Waals surface area contributed by atoms with Crippen molar-refractivity contribution in [3.63, 3.8) is 0 Å². The average molecular weight is 445 g/mol. The summed E-state index contributed by atoms with van der Waals surface area (Å²) in [6.07, 6.45) is 0. The number of carbonyl (C=O) groups excluding carboxylic acids is 2. The molecule has 0 aromatic heterocycles. The molecule has 2 aliphatic rings. The molecule has 3 aromatic rings. The van der Waals surface area contributed by atoms with Crippen molar-refractivity contribution in [1.82, 2.24) is 4.90 Å². The van der Waals surface area contributed by atoms with Gasteiger partial charge in [0, 0.05) is 41.4 Å². The zero-order chi connectivity index (χ0) is 23.3. The molecule has 2 heterocycles. The number of benzene rings is 3. The number of likely N-dealkylation sites (tertiary alicyclic amines) is 1. The maximum absolute atomic E-state index is 13.9. The maximum atomic E-state index is 13.9. The van der Waals surface area contributed by atoms with E-state index in [1.165, 1.54) is 36.4 Å². The van der Waals surface area contributed by atoms with Crippen LogP contribution in [-0.4, -0.2) is 35.1 Å². The molecule has 0 aliphatic carbocycles. The minimum Gasteiger partial charge on any atom is -0.324 e. The average Bonchev–Trinajstić information content (AvgIpc) is 3.29. The number of halogens is 1. The van der Waals surface area contributed by atoms with Crippen LogP contribution in [0.15, 0.2) is 72.8 Å². The molecular formula is C25H20FN3O4. The van der Waals surface area contributed by atoms with Gasteiger partial charge >= 0.3 is 0 Å². The highest BCUT2D eigenvalue weighted by molar-refractivity contribution is 6.12. The van der Waals surface area contributed by atoms with E-state index in [1.807, 2.05) is 23.1 Å². The summed E-state index contributed by atoms with van der Waals surface area (Å²) in [5.74, 6) is -2.27. The summed E-state index contributed by atoms with van der Waals surface area (Å²) in [7, 11) is 1.80. The van der Waals surface area contributed by atoms with Crippen LogP contribution in [0.1, 0.15) is 27.4 Å². The van der Waals surface area contributed by atoms with Crippen LogP contribution in [0.25, 0.3) is 0 Å². The quantitative estimate of drug-likeness (QED) is 0.371. The molecule has 1 amide bonds. The Morgan fingerprint density at radius 3 is 2.42 bits per heavy atom. The van der Waals surface area contributed by atoms with Gasteiger partial charge in [0.05, 0.1) is 10.8 Å². The predicted octanol–water partition coefficient (Wildman–Crippen LogP) is 4.11. The molecule has 5 rings (SSSR count). The van der Waals surface area contributed by atoms with E-state index in [2.05, 4.69) is 5.32 Å². The SMILES string of the molecule is CN1C[C@@H](c2ccc([N+](=O)[O-])cc2)[C@H](C(=O)c2ccc(F)cc2)[C@]12C(=O)Nc1ccccc12. The Morgan fingerprint density at radius 1 is 1.09 bits per heavy atom. The third kappa shape index (κ3) is 3.06. The number of ketones is 1. The van der Waals surface area contributed by atoms with Crippen molar-refractivity contribution in [3.8, 4) is 0 Å². The number of nitrogens with one attached hydrogen (secondary N) is 1. The van der Waals surface area contributed by atoms with Crippen LogP contribution in [0, 0.1) is 21.8 Å². The number of Topliss-reactive ketones (excluding diaryl/α,β-unsaturated/α-hetero) is 1. The molecule has 2 aliphatic heterocycles. The molecule has 3 atom stereocenters. The van der Waals surface area contributed by atoms with Crippen LogP contribution >= 0.6 is 0 Å². The van der Waals surface area contributed by atoms with Gasteiger partial charge in [-0.05, 0) is 42.9 Å². The molecule has 1 saturated heterocycles. The Morgan fingerprint density at radius 2 is 1.76 bits per heavy atom. The van der Waals surface area contributed by atoms with Gasteiger partial charge in [0.25, 0.3) is 5.69 Å². The van der Waals surface area contributed by atoms with Crippen molar-refractivity contribution in [2.45, 2.75) is 11.5 Å². The molecule has 0 radical (unpaired) electrons. The van der Waals surface area contributed by atoms with Crippen molar-refractivity contribution >= 4 is 23.1 Å². The number of nitro groups is 1. The summed E-state index contributed by atoms with van der Waals surface area (Å²) >= 11 is 0. The van der Waals surface area contributed by atoms with E-state index < -0.39 is 28.1 Å². The summed E-state index contributed by atoms with van der Waals surface area (Å²) < 4.78 is 13.5. The highest BCUT2D eigenvalue weighted by Gasteiger charge is 2.64. The first-order chi connectivity index (χ1) is 15.8. The molecule has 0 unspecified atom stereocenters. The molecule has 0 saturated carbocycles. The molecule has 33 heavy (non-hydrogen) atoms. The largest absolute Gasteiger partial charge is 0.324 e. The first-order valence-electron chi connectivity index (χ1n) is 10.5. The van der Waals surface area contributed by atoms with Crippen molar-refractivity contribution in [2.75, 3.05) is 18.9 Å². The topological polar surface area (TPSA) is 92.5 Å². The van der Waals surface area contributed by atoms with E-state index in [0.717, 1.165) is 5.56 Å². The van der Waals surface area contributed by atoms with Gasteiger partial charge in [-0.2, -0.15) is 0 Å². The van der Waals surface area contributed by atoms with Crippen LogP contribution in [0.4, 0.5) is 15.8 Å². The second kappa shape index (κ2) is 7.60. The van der Waals surface area contributed by atoms with E-state index in [4.69, 9.17) is 0 Å². The molecule has 1 fully saturated rings. The normalized spacial score (nSPS) is 24.0. The van der Waals surface area contributed by atoms with Gasteiger partial charge in [-0.1, -0.05) is 30.3 Å². The van der Waals surface area contributed by atoms with E-state index >= 15 is 0 Å². The molecule has 3 aromatic carbocycles. The number of rotatable bonds is 4. The summed E-state index contributed by atoms with van der Waals surface area (Å²) in [4.78, 5) is 40.0. The lowest BCUT2D eigenvalue weighted by atomic mass is 9.70. The number of amides is 1. The zero-order valence-corrected chi connectivity index (χ0v) is 17.7. The number of para-hydroxylation sites is 1. The lowest BCUT2D eigenvalue weighted by molar-refractivity contribution is -0.384. The van der Waals surface area contributed by atoms with Crippen molar-refractivity contribution in [1.29, 1.82) is 0 Å². The molecule has 0 bridgehead atoms. The number of carbonyl (C=O) groups is 2. The molecule has 7 nitrogen and oxygen atoms in total. The smallest absolute Gasteiger partial charge is 0.269 e. The first kappa shape index (κ1) is 21.0. The predicted molar refractivity (Wildman–Crippen MR) is 119 cm³/mol. The van der Waals surface area contributed by atoms with Crippen LogP contribution < -0.4 is 5.32 Å². The molecule has 1 spiro atoms. The van der Waals surface area contributed by atoms with Gasteiger partial charge in [-0.25, -0.2) is 4.39 Å². The highest BCUT2D eigenvalue weighted by Crippen LogP contribution is 2.55. The number of hydrogen-bond donors (Lipinski definition) is 1. The minimum atomic E-state index is -1.26. The third-order valence-electron chi connectivity index (χ3n) is 6.80. The van der Waals surface area contributed by atoms with Crippen LogP contribution in [0.5, 0.6) is 0 Å². The van der Waals surface area contributed by atoms with E-state index in [9.17, 15) is 24.1 Å². The number of nitro benzene ring substituents is 1. The maximum Gasteiger partial charge on any atom is 0.269 e. The summed E-state index contributed by atoms with van der Waals surface area (Å²) in [6, 6.07) is 18.7. The third-order valence-corrected chi connectivity index (χ3v) is 6.80. The van der Waals surface area contributed by atoms with Gasteiger partial charge in [-0.15, -0.1) is 0 Å². The minimum absolute atomic E-state index is 0.0508. The zero-order valence-electron chi connectivity index (χ0n) is 17.7. The number of non-ortho nitro benzene ring substituents is 1. The lowest BCUT2D eigenvalue weighted by Crippen LogP contribution is -2.51. The molecule has 8 heteroatoms. The molecule has 166 valence electrons. The second-order valence-electron chi connectivity index (χ2n) is 8.45. The van der Waals surface area contributed by atoms with Crippen LogP contribution in [-0.2, 0) is 10.3 Å². The Bertz CT molecular complexity index is 1280. The van der Waals surface area contributed by atoms with Gasteiger partial charge in [-0.3, -0.25) is 24.6 Å². The fraction of sp³-hybridized carbons (Fsp3) is 0.200. The molecule has 1 N–H and O–H groups in total. The van der Waals surface area contributed by atoms with Crippen molar-refractivity contribution in [2.24, 2.45) is 5.92 Å². The summed E-state index contributed by atoms with van der Waals surface area (Å²) in [6.45, 7) is 0.386. The fourth-order valence-electron chi connectivity index (χ4n) is 5.33. The monoisotopic (exact) mass is 445 g/mol. The van der Waals surface area contributed by atoms with Crippen LogP contribution in [0.3, 0.4) is 0 Å². The summed E-state index contributed by atoms with van der Waals surface area (Å²) in [5, 5.41) is 14.0. The van der Waals surface area contributed by atoms with E-state index in [0.29, 0.717) is 23.4 Å². The highest BCUT2D eigenvalue weighted by atomic mass is 19.1. The van der Waals surface area contributed by atoms with Gasteiger partial charge in [0.1, 0.15) is 11.4 Å². The van der Waals surface area contributed by atoms with Gasteiger partial charge in [0.2, 0.25) is 5.91 Å². The van der Waals surface area contributed by atoms with Crippen molar-refractivity contribution in [3.05, 3.63) is 105 Å². The van der Waals surface area contributed by atoms with E-state index in [1.54, 1.807) is 25.2 Å². The summed E-state index contributed by atoms with van der Waals surface area (Å²) in [5.41, 5.74) is 1.08. The number of anilines is 1. The Balaban J connectivity index is 1.69. The number of fused-ring (bicyclic) bond motifs is 2. The number of likely N-dealkylation sites (N-methyl/N-ethyl adjacent to an activating group) is 1. The Hall–Kier alpha value is -3.91. The van der Waals surface area contributed by atoms with Gasteiger partial charge in [0.15, 0.2) is 5.78 Å². The van der Waals surface area contributed by atoms with Crippen LogP contribution in [0.2, 0.25) is 0 Å². The standard InChI is InChI=1S/C25H20FN3O4/c1-28-14-19(15-8-12-18(13-9-15)29(32)33)22(23(30)16-6-10-17(26)11-7-16)25(28)20-4-2-3-5-21(20)27-24(25)31/h2-13,19,22H,14H2,1H3,(H,27,31)/t19-,22+,25+/m0/s1. The Kier molecular flexibility index (Phi) is 4.83. The number of nitrogens with zero attached hydrogens (tertiary/aromatic N) is 2. The molecular weight excluding hydrogens is 425 g/mol. The fourth-order valence-corrected chi connectivity index (χ4v) is 5.33.